The second-order valence-electron chi connectivity index (χ2n) is 8.40. The number of ether oxygens (including phenoxy) is 2. The van der Waals surface area contributed by atoms with E-state index in [0.717, 1.165) is 58.5 Å². The SMILES string of the molecule is CC(=O)N1CCCC(N(CCN(C)C(=O)COc2ccc(F)cc2)C2CCOCC2)C1. The normalized spacial score (nSPS) is 20.0. The van der Waals surface area contributed by atoms with Gasteiger partial charge in [0.15, 0.2) is 6.61 Å². The molecule has 31 heavy (non-hydrogen) atoms. The van der Waals surface area contributed by atoms with Gasteiger partial charge in [0.1, 0.15) is 11.6 Å². The summed E-state index contributed by atoms with van der Waals surface area (Å²) in [6.07, 6.45) is 4.01. The first-order chi connectivity index (χ1) is 14.9. The fourth-order valence-corrected chi connectivity index (χ4v) is 4.37. The maximum atomic E-state index is 13.0. The Morgan fingerprint density at radius 2 is 1.84 bits per heavy atom. The molecule has 172 valence electrons. The summed E-state index contributed by atoms with van der Waals surface area (Å²) in [5.41, 5.74) is 0. The van der Waals surface area contributed by atoms with Crippen molar-refractivity contribution in [1.29, 1.82) is 0 Å². The van der Waals surface area contributed by atoms with Gasteiger partial charge < -0.3 is 19.3 Å². The van der Waals surface area contributed by atoms with Crippen molar-refractivity contribution >= 4 is 11.8 Å². The molecule has 2 aliphatic heterocycles. The number of hydrogen-bond donors (Lipinski definition) is 0. The Bertz CT molecular complexity index is 724. The van der Waals surface area contributed by atoms with Crippen LogP contribution >= 0.6 is 0 Å². The monoisotopic (exact) mass is 435 g/mol. The third kappa shape index (κ3) is 6.90. The minimum atomic E-state index is -0.338. The van der Waals surface area contributed by atoms with Gasteiger partial charge in [-0.15, -0.1) is 0 Å². The van der Waals surface area contributed by atoms with Crippen LogP contribution in [0, 0.1) is 5.82 Å². The molecule has 2 aliphatic rings. The number of carbonyl (C=O) groups is 2. The fourth-order valence-electron chi connectivity index (χ4n) is 4.37. The third-order valence-electron chi connectivity index (χ3n) is 6.27. The zero-order chi connectivity index (χ0) is 22.2. The second-order valence-corrected chi connectivity index (χ2v) is 8.40. The Morgan fingerprint density at radius 3 is 2.52 bits per heavy atom. The topological polar surface area (TPSA) is 62.3 Å². The van der Waals surface area contributed by atoms with E-state index in [2.05, 4.69) is 4.90 Å². The molecule has 0 aromatic heterocycles. The molecule has 0 saturated carbocycles. The van der Waals surface area contributed by atoms with Crippen molar-refractivity contribution in [2.75, 3.05) is 53.0 Å². The maximum absolute atomic E-state index is 13.0. The molecule has 1 aromatic carbocycles. The molecule has 0 spiro atoms. The van der Waals surface area contributed by atoms with E-state index in [4.69, 9.17) is 9.47 Å². The number of halogens is 1. The van der Waals surface area contributed by atoms with Crippen LogP contribution in [-0.2, 0) is 14.3 Å². The lowest BCUT2D eigenvalue weighted by Crippen LogP contribution is -2.55. The van der Waals surface area contributed by atoms with Gasteiger partial charge in [0, 0.05) is 65.4 Å². The van der Waals surface area contributed by atoms with E-state index in [9.17, 15) is 14.0 Å². The molecule has 2 saturated heterocycles. The first-order valence-electron chi connectivity index (χ1n) is 11.2. The first kappa shape index (κ1) is 23.5. The first-order valence-corrected chi connectivity index (χ1v) is 11.2. The summed E-state index contributed by atoms with van der Waals surface area (Å²) in [5, 5.41) is 0. The van der Waals surface area contributed by atoms with Crippen LogP contribution in [0.25, 0.3) is 0 Å². The quantitative estimate of drug-likeness (QED) is 0.626. The Balaban J connectivity index is 1.55. The molecule has 2 heterocycles. The molecule has 7 nitrogen and oxygen atoms in total. The van der Waals surface area contributed by atoms with Crippen LogP contribution in [-0.4, -0.2) is 91.6 Å². The van der Waals surface area contributed by atoms with Crippen LogP contribution in [0.5, 0.6) is 5.75 Å². The van der Waals surface area contributed by atoms with Crippen LogP contribution in [0.4, 0.5) is 4.39 Å². The molecule has 0 aliphatic carbocycles. The summed E-state index contributed by atoms with van der Waals surface area (Å²) in [5.74, 6) is 0.140. The van der Waals surface area contributed by atoms with E-state index in [1.807, 2.05) is 4.90 Å². The van der Waals surface area contributed by atoms with E-state index < -0.39 is 0 Å². The summed E-state index contributed by atoms with van der Waals surface area (Å²) < 4.78 is 24.0. The summed E-state index contributed by atoms with van der Waals surface area (Å²) in [6, 6.07) is 6.36. The van der Waals surface area contributed by atoms with Gasteiger partial charge in [-0.05, 0) is 49.9 Å². The highest BCUT2D eigenvalue weighted by Gasteiger charge is 2.32. The van der Waals surface area contributed by atoms with Crippen LogP contribution in [0.3, 0.4) is 0 Å². The smallest absolute Gasteiger partial charge is 0.260 e. The summed E-state index contributed by atoms with van der Waals surface area (Å²) in [7, 11) is 1.78. The van der Waals surface area contributed by atoms with Crippen molar-refractivity contribution < 1.29 is 23.5 Å². The number of piperidine rings is 1. The molecule has 0 bridgehead atoms. The molecule has 1 unspecified atom stereocenters. The molecule has 1 aromatic rings. The van der Waals surface area contributed by atoms with Gasteiger partial charge in [0.2, 0.25) is 5.91 Å². The Kier molecular flexibility index (Phi) is 8.66. The minimum absolute atomic E-state index is 0.0824. The number of benzene rings is 1. The summed E-state index contributed by atoms with van der Waals surface area (Å²) in [4.78, 5) is 30.5. The highest BCUT2D eigenvalue weighted by Crippen LogP contribution is 2.23. The highest BCUT2D eigenvalue weighted by atomic mass is 19.1. The molecule has 3 rings (SSSR count). The number of hydrogen-bond acceptors (Lipinski definition) is 5. The van der Waals surface area contributed by atoms with Crippen molar-refractivity contribution in [3.05, 3.63) is 30.1 Å². The number of carbonyl (C=O) groups excluding carboxylic acids is 2. The van der Waals surface area contributed by atoms with Gasteiger partial charge in [0.05, 0.1) is 0 Å². The van der Waals surface area contributed by atoms with Crippen molar-refractivity contribution in [3.63, 3.8) is 0 Å². The molecule has 8 heteroatoms. The number of amides is 2. The van der Waals surface area contributed by atoms with Gasteiger partial charge in [-0.3, -0.25) is 14.5 Å². The molecular formula is C23H34FN3O4. The Morgan fingerprint density at radius 1 is 1.13 bits per heavy atom. The molecule has 2 amide bonds. The fraction of sp³-hybridized carbons (Fsp3) is 0.652. The Hall–Kier alpha value is -2.19. The lowest BCUT2D eigenvalue weighted by molar-refractivity contribution is -0.132. The summed E-state index contributed by atoms with van der Waals surface area (Å²) in [6.45, 7) is 5.97. The standard InChI is InChI=1S/C23H34FN3O4/c1-18(28)26-11-3-4-21(16-26)27(20-9-14-30-15-10-20)13-12-25(2)23(29)17-31-22-7-5-19(24)6-8-22/h5-8,20-21H,3-4,9-17H2,1-2H3. The maximum Gasteiger partial charge on any atom is 0.260 e. The average Bonchev–Trinajstić information content (AvgIpc) is 2.79. The molecule has 1 atom stereocenters. The number of rotatable bonds is 8. The third-order valence-corrected chi connectivity index (χ3v) is 6.27. The van der Waals surface area contributed by atoms with Crippen molar-refractivity contribution in [2.45, 2.75) is 44.7 Å². The van der Waals surface area contributed by atoms with Crippen LogP contribution in [0.1, 0.15) is 32.6 Å². The summed E-state index contributed by atoms with van der Waals surface area (Å²) >= 11 is 0. The molecular weight excluding hydrogens is 401 g/mol. The molecule has 0 N–H and O–H groups in total. The minimum Gasteiger partial charge on any atom is -0.484 e. The number of nitrogens with zero attached hydrogens (tertiary/aromatic N) is 3. The predicted octanol–water partition coefficient (Wildman–Crippen LogP) is 2.15. The van der Waals surface area contributed by atoms with Crippen molar-refractivity contribution in [3.8, 4) is 5.75 Å². The van der Waals surface area contributed by atoms with Crippen LogP contribution in [0.15, 0.2) is 24.3 Å². The lowest BCUT2D eigenvalue weighted by atomic mass is 9.98. The van der Waals surface area contributed by atoms with Crippen LogP contribution < -0.4 is 4.74 Å². The average molecular weight is 436 g/mol. The van der Waals surface area contributed by atoms with E-state index in [1.54, 1.807) is 18.9 Å². The van der Waals surface area contributed by atoms with E-state index in [1.165, 1.54) is 24.3 Å². The molecule has 2 fully saturated rings. The van der Waals surface area contributed by atoms with Crippen molar-refractivity contribution in [1.82, 2.24) is 14.7 Å². The van der Waals surface area contributed by atoms with Gasteiger partial charge in [0.25, 0.3) is 5.91 Å². The van der Waals surface area contributed by atoms with E-state index in [-0.39, 0.29) is 24.2 Å². The van der Waals surface area contributed by atoms with Gasteiger partial charge in [-0.2, -0.15) is 0 Å². The second kappa shape index (κ2) is 11.4. The highest BCUT2D eigenvalue weighted by molar-refractivity contribution is 5.77. The van der Waals surface area contributed by atoms with E-state index in [0.29, 0.717) is 24.4 Å². The van der Waals surface area contributed by atoms with Gasteiger partial charge in [-0.1, -0.05) is 0 Å². The zero-order valence-electron chi connectivity index (χ0n) is 18.6. The lowest BCUT2D eigenvalue weighted by Gasteiger charge is -2.44. The molecule has 0 radical (unpaired) electrons. The zero-order valence-corrected chi connectivity index (χ0v) is 18.6. The van der Waals surface area contributed by atoms with Gasteiger partial charge in [-0.25, -0.2) is 4.39 Å². The largest absolute Gasteiger partial charge is 0.484 e. The van der Waals surface area contributed by atoms with Crippen molar-refractivity contribution in [2.24, 2.45) is 0 Å². The Labute approximate surface area is 184 Å². The van der Waals surface area contributed by atoms with E-state index >= 15 is 0 Å². The van der Waals surface area contributed by atoms with Crippen LogP contribution in [0.2, 0.25) is 0 Å². The van der Waals surface area contributed by atoms with Gasteiger partial charge >= 0.3 is 0 Å². The predicted molar refractivity (Wildman–Crippen MR) is 115 cm³/mol. The number of likely N-dealkylation sites (tertiary alicyclic amines) is 1. The number of likely N-dealkylation sites (N-methyl/N-ethyl adjacent to an activating group) is 1.